The Morgan fingerprint density at radius 2 is 1.59 bits per heavy atom. The zero-order chi connectivity index (χ0) is 18.4. The molecule has 0 spiro atoms. The Kier molecular flexibility index (Phi) is 8.29. The van der Waals surface area contributed by atoms with Crippen LogP contribution in [-0.4, -0.2) is 48.4 Å². The molecule has 0 radical (unpaired) electrons. The van der Waals surface area contributed by atoms with Crippen LogP contribution in [0.15, 0.2) is 48.5 Å². The van der Waals surface area contributed by atoms with Crippen LogP contribution in [0.3, 0.4) is 0 Å². The third-order valence-electron chi connectivity index (χ3n) is 5.16. The van der Waals surface area contributed by atoms with Crippen molar-refractivity contribution in [1.29, 1.82) is 0 Å². The van der Waals surface area contributed by atoms with Crippen LogP contribution in [0.1, 0.15) is 23.1 Å². The van der Waals surface area contributed by atoms with Crippen molar-refractivity contribution in [3.63, 3.8) is 0 Å². The van der Waals surface area contributed by atoms with E-state index in [9.17, 15) is 4.79 Å². The van der Waals surface area contributed by atoms with Gasteiger partial charge < -0.3 is 10.2 Å². The highest BCUT2D eigenvalue weighted by Crippen LogP contribution is 2.14. The smallest absolute Gasteiger partial charge is 0.225 e. The number of amides is 1. The summed E-state index contributed by atoms with van der Waals surface area (Å²) < 4.78 is 0. The SMILES string of the molecule is Cc1ccc(NC(=O)CCN2CCN(Cc3ccccc3)CC2)cc1C.Cl. The highest BCUT2D eigenvalue weighted by molar-refractivity contribution is 5.90. The normalized spacial score (nSPS) is 15.2. The van der Waals surface area contributed by atoms with E-state index in [0.717, 1.165) is 45.0 Å². The summed E-state index contributed by atoms with van der Waals surface area (Å²) in [5.41, 5.74) is 4.72. The zero-order valence-corrected chi connectivity index (χ0v) is 17.1. The molecule has 3 rings (SSSR count). The summed E-state index contributed by atoms with van der Waals surface area (Å²) in [5.74, 6) is 0.0972. The molecule has 27 heavy (non-hydrogen) atoms. The molecule has 1 N–H and O–H groups in total. The van der Waals surface area contributed by atoms with E-state index in [4.69, 9.17) is 0 Å². The Morgan fingerprint density at radius 3 is 2.26 bits per heavy atom. The Balaban J connectivity index is 0.00000261. The summed E-state index contributed by atoms with van der Waals surface area (Å²) in [6, 6.07) is 16.7. The van der Waals surface area contributed by atoms with Crippen molar-refractivity contribution in [2.75, 3.05) is 38.0 Å². The largest absolute Gasteiger partial charge is 0.326 e. The number of anilines is 1. The van der Waals surface area contributed by atoms with Crippen LogP contribution < -0.4 is 5.32 Å². The van der Waals surface area contributed by atoms with E-state index in [0.29, 0.717) is 6.42 Å². The number of rotatable bonds is 6. The molecule has 4 nitrogen and oxygen atoms in total. The molecule has 0 unspecified atom stereocenters. The molecule has 1 amide bonds. The molecule has 1 heterocycles. The number of nitrogens with one attached hydrogen (secondary N) is 1. The minimum atomic E-state index is 0. The standard InChI is InChI=1S/C22H29N3O.ClH/c1-18-8-9-21(16-19(18)2)23-22(26)10-11-24-12-14-25(15-13-24)17-20-6-4-3-5-7-20;/h3-9,16H,10-15,17H2,1-2H3,(H,23,26);1H. The first-order chi connectivity index (χ1) is 12.6. The van der Waals surface area contributed by atoms with Crippen LogP contribution in [0.5, 0.6) is 0 Å². The van der Waals surface area contributed by atoms with Gasteiger partial charge in [0.25, 0.3) is 0 Å². The molecule has 2 aromatic rings. The minimum Gasteiger partial charge on any atom is -0.326 e. The summed E-state index contributed by atoms with van der Waals surface area (Å²) in [6.07, 6.45) is 0.547. The van der Waals surface area contributed by atoms with E-state index in [-0.39, 0.29) is 18.3 Å². The maximum absolute atomic E-state index is 12.2. The lowest BCUT2D eigenvalue weighted by molar-refractivity contribution is -0.116. The summed E-state index contributed by atoms with van der Waals surface area (Å²) >= 11 is 0. The summed E-state index contributed by atoms with van der Waals surface area (Å²) in [6.45, 7) is 10.2. The molecule has 0 aromatic heterocycles. The van der Waals surface area contributed by atoms with Gasteiger partial charge >= 0.3 is 0 Å². The van der Waals surface area contributed by atoms with Gasteiger partial charge in [-0.3, -0.25) is 9.69 Å². The van der Waals surface area contributed by atoms with E-state index in [2.05, 4.69) is 65.4 Å². The molecule has 1 aliphatic rings. The van der Waals surface area contributed by atoms with E-state index in [1.165, 1.54) is 16.7 Å². The third kappa shape index (κ3) is 6.65. The quantitative estimate of drug-likeness (QED) is 0.817. The van der Waals surface area contributed by atoms with Crippen LogP contribution in [0, 0.1) is 13.8 Å². The van der Waals surface area contributed by atoms with E-state index in [1.807, 2.05) is 12.1 Å². The lowest BCUT2D eigenvalue weighted by Crippen LogP contribution is -2.46. The van der Waals surface area contributed by atoms with Crippen molar-refractivity contribution in [2.45, 2.75) is 26.8 Å². The number of piperazine rings is 1. The predicted molar refractivity (Wildman–Crippen MR) is 115 cm³/mol. The number of benzene rings is 2. The lowest BCUT2D eigenvalue weighted by Gasteiger charge is -2.34. The zero-order valence-electron chi connectivity index (χ0n) is 16.3. The van der Waals surface area contributed by atoms with Gasteiger partial charge in [0.1, 0.15) is 0 Å². The number of carbonyl (C=O) groups is 1. The molecule has 0 atom stereocenters. The second-order valence-electron chi connectivity index (χ2n) is 7.20. The van der Waals surface area contributed by atoms with Crippen molar-refractivity contribution in [3.8, 4) is 0 Å². The van der Waals surface area contributed by atoms with E-state index >= 15 is 0 Å². The summed E-state index contributed by atoms with van der Waals surface area (Å²) in [4.78, 5) is 17.1. The number of carbonyl (C=O) groups excluding carboxylic acids is 1. The number of halogens is 1. The fourth-order valence-electron chi connectivity index (χ4n) is 3.31. The Morgan fingerprint density at radius 1 is 0.926 bits per heavy atom. The molecular formula is C22H30ClN3O. The second-order valence-corrected chi connectivity index (χ2v) is 7.20. The monoisotopic (exact) mass is 387 g/mol. The Hall–Kier alpha value is -1.88. The summed E-state index contributed by atoms with van der Waals surface area (Å²) in [5, 5.41) is 3.01. The third-order valence-corrected chi connectivity index (χ3v) is 5.16. The molecule has 0 bridgehead atoms. The molecule has 1 saturated heterocycles. The summed E-state index contributed by atoms with van der Waals surface area (Å²) in [7, 11) is 0. The first-order valence-corrected chi connectivity index (χ1v) is 9.46. The maximum Gasteiger partial charge on any atom is 0.225 e. The van der Waals surface area contributed by atoms with E-state index < -0.39 is 0 Å². The fraction of sp³-hybridized carbons (Fsp3) is 0.409. The van der Waals surface area contributed by atoms with Crippen LogP contribution in [0.25, 0.3) is 0 Å². The lowest BCUT2D eigenvalue weighted by atomic mass is 10.1. The topological polar surface area (TPSA) is 35.6 Å². The van der Waals surface area contributed by atoms with Crippen molar-refractivity contribution >= 4 is 24.0 Å². The predicted octanol–water partition coefficient (Wildman–Crippen LogP) is 3.87. The minimum absolute atomic E-state index is 0. The van der Waals surface area contributed by atoms with Gasteiger partial charge in [-0.15, -0.1) is 12.4 Å². The second kappa shape index (κ2) is 10.5. The number of hydrogen-bond acceptors (Lipinski definition) is 3. The van der Waals surface area contributed by atoms with Crippen LogP contribution in [0.4, 0.5) is 5.69 Å². The van der Waals surface area contributed by atoms with Crippen LogP contribution in [0.2, 0.25) is 0 Å². The van der Waals surface area contributed by atoms with E-state index in [1.54, 1.807) is 0 Å². The Bertz CT molecular complexity index is 728. The van der Waals surface area contributed by atoms with Crippen molar-refractivity contribution in [1.82, 2.24) is 9.80 Å². The molecule has 0 aliphatic carbocycles. The highest BCUT2D eigenvalue weighted by Gasteiger charge is 2.17. The van der Waals surface area contributed by atoms with Gasteiger partial charge in [0.2, 0.25) is 5.91 Å². The van der Waals surface area contributed by atoms with Crippen LogP contribution in [-0.2, 0) is 11.3 Å². The Labute approximate surface area is 169 Å². The molecular weight excluding hydrogens is 358 g/mol. The molecule has 1 aliphatic heterocycles. The number of nitrogens with zero attached hydrogens (tertiary/aromatic N) is 2. The molecule has 146 valence electrons. The first-order valence-electron chi connectivity index (χ1n) is 9.46. The average Bonchev–Trinajstić information content (AvgIpc) is 2.65. The van der Waals surface area contributed by atoms with Gasteiger partial charge in [-0.2, -0.15) is 0 Å². The number of hydrogen-bond donors (Lipinski definition) is 1. The number of aryl methyl sites for hydroxylation is 2. The first kappa shape index (κ1) is 21.4. The fourth-order valence-corrected chi connectivity index (χ4v) is 3.31. The van der Waals surface area contributed by atoms with Crippen LogP contribution >= 0.6 is 12.4 Å². The van der Waals surface area contributed by atoms with Gasteiger partial charge in [-0.05, 0) is 42.7 Å². The van der Waals surface area contributed by atoms with Gasteiger partial charge in [0.15, 0.2) is 0 Å². The van der Waals surface area contributed by atoms with Gasteiger partial charge in [0.05, 0.1) is 0 Å². The molecule has 2 aromatic carbocycles. The van der Waals surface area contributed by atoms with Gasteiger partial charge in [-0.25, -0.2) is 0 Å². The van der Waals surface area contributed by atoms with Crippen molar-refractivity contribution in [3.05, 3.63) is 65.2 Å². The van der Waals surface area contributed by atoms with Gasteiger partial charge in [-0.1, -0.05) is 36.4 Å². The van der Waals surface area contributed by atoms with Crippen molar-refractivity contribution in [2.24, 2.45) is 0 Å². The molecule has 0 saturated carbocycles. The van der Waals surface area contributed by atoms with Gasteiger partial charge in [0, 0.05) is 51.4 Å². The molecule has 1 fully saturated rings. The average molecular weight is 388 g/mol. The van der Waals surface area contributed by atoms with Crippen molar-refractivity contribution < 1.29 is 4.79 Å². The highest BCUT2D eigenvalue weighted by atomic mass is 35.5. The maximum atomic E-state index is 12.2. The molecule has 5 heteroatoms.